The summed E-state index contributed by atoms with van der Waals surface area (Å²) in [6, 6.07) is 16.6. The molecule has 0 radical (unpaired) electrons. The van der Waals surface area contributed by atoms with Gasteiger partial charge in [-0.15, -0.1) is 0 Å². The van der Waals surface area contributed by atoms with E-state index in [1.165, 1.54) is 5.01 Å². The molecular formula is C23H23N3O4. The third-order valence-corrected chi connectivity index (χ3v) is 4.98. The van der Waals surface area contributed by atoms with Gasteiger partial charge in [-0.1, -0.05) is 30.3 Å². The first-order valence-corrected chi connectivity index (χ1v) is 9.87. The number of benzene rings is 2. The van der Waals surface area contributed by atoms with Gasteiger partial charge in [0.15, 0.2) is 6.61 Å². The predicted molar refractivity (Wildman–Crippen MR) is 114 cm³/mol. The molecule has 2 heterocycles. The SMILES string of the molecule is CC1=NN(c2ccccc2)C(=O)/C1=C/c1ccc(OCC(=O)N2CCOCC2)cc1. The van der Waals surface area contributed by atoms with Crippen molar-refractivity contribution < 1.29 is 19.1 Å². The molecule has 0 N–H and O–H groups in total. The van der Waals surface area contributed by atoms with Gasteiger partial charge in [0.05, 0.1) is 30.2 Å². The first-order chi connectivity index (χ1) is 14.6. The number of hydrazone groups is 1. The third kappa shape index (κ3) is 4.41. The van der Waals surface area contributed by atoms with Crippen LogP contribution < -0.4 is 9.75 Å². The van der Waals surface area contributed by atoms with Gasteiger partial charge in [0.25, 0.3) is 11.8 Å². The van der Waals surface area contributed by atoms with Gasteiger partial charge in [-0.25, -0.2) is 0 Å². The fraction of sp³-hybridized carbons (Fsp3) is 0.261. The first kappa shape index (κ1) is 19.8. The average Bonchev–Trinajstić information content (AvgIpc) is 3.08. The summed E-state index contributed by atoms with van der Waals surface area (Å²) in [7, 11) is 0. The molecule has 7 nitrogen and oxygen atoms in total. The summed E-state index contributed by atoms with van der Waals surface area (Å²) in [5.74, 6) is 0.400. The molecule has 2 aliphatic heterocycles. The van der Waals surface area contributed by atoms with Crippen molar-refractivity contribution in [3.05, 3.63) is 65.7 Å². The van der Waals surface area contributed by atoms with Crippen molar-refractivity contribution in [2.75, 3.05) is 37.9 Å². The van der Waals surface area contributed by atoms with Crippen molar-refractivity contribution >= 4 is 29.3 Å². The summed E-state index contributed by atoms with van der Waals surface area (Å²) in [5.41, 5.74) is 2.81. The number of carbonyl (C=O) groups excluding carboxylic acids is 2. The molecule has 154 valence electrons. The highest BCUT2D eigenvalue weighted by atomic mass is 16.5. The van der Waals surface area contributed by atoms with E-state index in [1.807, 2.05) is 55.5 Å². The first-order valence-electron chi connectivity index (χ1n) is 9.87. The highest BCUT2D eigenvalue weighted by Crippen LogP contribution is 2.25. The highest BCUT2D eigenvalue weighted by Gasteiger charge is 2.28. The maximum atomic E-state index is 12.8. The molecule has 7 heteroatoms. The molecule has 0 atom stereocenters. The quantitative estimate of drug-likeness (QED) is 0.717. The van der Waals surface area contributed by atoms with Gasteiger partial charge in [-0.3, -0.25) is 9.59 Å². The highest BCUT2D eigenvalue weighted by molar-refractivity contribution is 6.32. The fourth-order valence-electron chi connectivity index (χ4n) is 3.30. The number of para-hydroxylation sites is 1. The van der Waals surface area contributed by atoms with Gasteiger partial charge in [0, 0.05) is 13.1 Å². The van der Waals surface area contributed by atoms with E-state index in [1.54, 1.807) is 17.0 Å². The number of ether oxygens (including phenoxy) is 2. The molecule has 1 saturated heterocycles. The Morgan fingerprint density at radius 1 is 1.10 bits per heavy atom. The van der Waals surface area contributed by atoms with Crippen molar-refractivity contribution in [1.82, 2.24) is 4.90 Å². The second-order valence-corrected chi connectivity index (χ2v) is 7.05. The van der Waals surface area contributed by atoms with E-state index >= 15 is 0 Å². The number of nitrogens with zero attached hydrogens (tertiary/aromatic N) is 3. The van der Waals surface area contributed by atoms with E-state index in [9.17, 15) is 9.59 Å². The number of rotatable bonds is 5. The van der Waals surface area contributed by atoms with Crippen molar-refractivity contribution in [2.24, 2.45) is 5.10 Å². The summed E-state index contributed by atoms with van der Waals surface area (Å²) in [4.78, 5) is 26.7. The van der Waals surface area contributed by atoms with Crippen LogP contribution in [0.5, 0.6) is 5.75 Å². The zero-order valence-electron chi connectivity index (χ0n) is 16.8. The van der Waals surface area contributed by atoms with Crippen LogP contribution in [0.3, 0.4) is 0 Å². The minimum Gasteiger partial charge on any atom is -0.484 e. The van der Waals surface area contributed by atoms with Gasteiger partial charge >= 0.3 is 0 Å². The molecule has 0 aliphatic carbocycles. The number of amides is 2. The zero-order valence-corrected chi connectivity index (χ0v) is 16.8. The van der Waals surface area contributed by atoms with Crippen molar-refractivity contribution in [2.45, 2.75) is 6.92 Å². The molecule has 1 fully saturated rings. The van der Waals surface area contributed by atoms with E-state index in [-0.39, 0.29) is 18.4 Å². The topological polar surface area (TPSA) is 71.4 Å². The molecule has 2 amide bonds. The van der Waals surface area contributed by atoms with E-state index in [0.717, 1.165) is 11.3 Å². The fourth-order valence-corrected chi connectivity index (χ4v) is 3.30. The number of hydrogen-bond donors (Lipinski definition) is 0. The van der Waals surface area contributed by atoms with Crippen LogP contribution in [0.4, 0.5) is 5.69 Å². The Bertz CT molecular complexity index is 977. The molecule has 0 spiro atoms. The Balaban J connectivity index is 1.39. The van der Waals surface area contributed by atoms with Gasteiger partial charge < -0.3 is 14.4 Å². The summed E-state index contributed by atoms with van der Waals surface area (Å²) >= 11 is 0. The molecule has 4 rings (SSSR count). The van der Waals surface area contributed by atoms with Gasteiger partial charge in [0.1, 0.15) is 5.75 Å². The van der Waals surface area contributed by atoms with Gasteiger partial charge in [-0.05, 0) is 42.8 Å². The van der Waals surface area contributed by atoms with Crippen LogP contribution >= 0.6 is 0 Å². The predicted octanol–water partition coefficient (Wildman–Crippen LogP) is 2.73. The molecule has 0 saturated carbocycles. The smallest absolute Gasteiger partial charge is 0.280 e. The zero-order chi connectivity index (χ0) is 20.9. The molecular weight excluding hydrogens is 382 g/mol. The van der Waals surface area contributed by atoms with E-state index in [4.69, 9.17) is 9.47 Å². The largest absolute Gasteiger partial charge is 0.484 e. The molecule has 2 aromatic rings. The van der Waals surface area contributed by atoms with Crippen LogP contribution in [0.2, 0.25) is 0 Å². The molecule has 0 unspecified atom stereocenters. The lowest BCUT2D eigenvalue weighted by atomic mass is 10.1. The maximum Gasteiger partial charge on any atom is 0.280 e. The number of hydrogen-bond acceptors (Lipinski definition) is 5. The van der Waals surface area contributed by atoms with Gasteiger partial charge in [-0.2, -0.15) is 10.1 Å². The Hall–Kier alpha value is -3.45. The molecule has 0 bridgehead atoms. The minimum atomic E-state index is -0.157. The Morgan fingerprint density at radius 3 is 2.50 bits per heavy atom. The lowest BCUT2D eigenvalue weighted by molar-refractivity contribution is -0.137. The second kappa shape index (κ2) is 8.92. The van der Waals surface area contributed by atoms with Crippen molar-refractivity contribution in [3.8, 4) is 5.75 Å². The molecule has 2 aromatic carbocycles. The average molecular weight is 405 g/mol. The lowest BCUT2D eigenvalue weighted by Gasteiger charge is -2.26. The monoisotopic (exact) mass is 405 g/mol. The second-order valence-electron chi connectivity index (χ2n) is 7.05. The van der Waals surface area contributed by atoms with Crippen LogP contribution in [0, 0.1) is 0 Å². The van der Waals surface area contributed by atoms with Gasteiger partial charge in [0.2, 0.25) is 0 Å². The minimum absolute atomic E-state index is 0.00325. The number of carbonyl (C=O) groups is 2. The van der Waals surface area contributed by atoms with Crippen molar-refractivity contribution in [1.29, 1.82) is 0 Å². The molecule has 30 heavy (non-hydrogen) atoms. The Kier molecular flexibility index (Phi) is 5.90. The Morgan fingerprint density at radius 2 is 1.80 bits per heavy atom. The Labute approximate surface area is 175 Å². The van der Waals surface area contributed by atoms with E-state index < -0.39 is 0 Å². The van der Waals surface area contributed by atoms with E-state index in [0.29, 0.717) is 43.3 Å². The molecule has 2 aliphatic rings. The number of morpholine rings is 1. The summed E-state index contributed by atoms with van der Waals surface area (Å²) in [5, 5.41) is 5.80. The van der Waals surface area contributed by atoms with Crippen molar-refractivity contribution in [3.63, 3.8) is 0 Å². The van der Waals surface area contributed by atoms with E-state index in [2.05, 4.69) is 5.10 Å². The lowest BCUT2D eigenvalue weighted by Crippen LogP contribution is -2.42. The van der Waals surface area contributed by atoms with Crippen LogP contribution in [-0.2, 0) is 14.3 Å². The van der Waals surface area contributed by atoms with Crippen LogP contribution in [-0.4, -0.2) is 55.3 Å². The summed E-state index contributed by atoms with van der Waals surface area (Å²) in [6.07, 6.45) is 1.81. The standard InChI is InChI=1S/C23H23N3O4/c1-17-21(23(28)26(24-17)19-5-3-2-4-6-19)15-18-7-9-20(10-8-18)30-16-22(27)25-11-13-29-14-12-25/h2-10,15H,11-14,16H2,1H3/b21-15+. The summed E-state index contributed by atoms with van der Waals surface area (Å²) < 4.78 is 10.9. The normalized spacial score (nSPS) is 18.0. The molecule has 0 aromatic heterocycles. The van der Waals surface area contributed by atoms with Crippen LogP contribution in [0.1, 0.15) is 12.5 Å². The summed E-state index contributed by atoms with van der Waals surface area (Å²) in [6.45, 7) is 4.15. The maximum absolute atomic E-state index is 12.8. The third-order valence-electron chi connectivity index (χ3n) is 4.98. The van der Waals surface area contributed by atoms with Crippen LogP contribution in [0.15, 0.2) is 65.3 Å². The van der Waals surface area contributed by atoms with Crippen LogP contribution in [0.25, 0.3) is 6.08 Å². The number of anilines is 1.